The highest BCUT2D eigenvalue weighted by molar-refractivity contribution is 6.22. The third kappa shape index (κ3) is 4.09. The molecular formula is C44H28N4. The minimum atomic E-state index is -0.0251. The van der Waals surface area contributed by atoms with E-state index < -0.39 is 0 Å². The maximum Gasteiger partial charge on any atom is 0.103 e. The molecule has 2 unspecified atom stereocenters. The van der Waals surface area contributed by atoms with Gasteiger partial charge in [-0.25, -0.2) is 4.98 Å². The van der Waals surface area contributed by atoms with Gasteiger partial charge >= 0.3 is 0 Å². The van der Waals surface area contributed by atoms with Gasteiger partial charge in [0.15, 0.2) is 0 Å². The quantitative estimate of drug-likeness (QED) is 0.187. The molecule has 5 aromatic carbocycles. The molecule has 10 rings (SSSR count). The SMILES string of the molecule is C1=CC2C(c3ccc(-c4ccc(-c5nc6ccccc6c6c5ccc5ccccc56)cc4)c4ncccc34)=CC=NC2c2ncccc21. The first-order valence-electron chi connectivity index (χ1n) is 16.4. The molecule has 1 aliphatic carbocycles. The average molecular weight is 613 g/mol. The summed E-state index contributed by atoms with van der Waals surface area (Å²) < 4.78 is 0. The highest BCUT2D eigenvalue weighted by Crippen LogP contribution is 2.45. The van der Waals surface area contributed by atoms with E-state index in [0.717, 1.165) is 55.4 Å². The van der Waals surface area contributed by atoms with E-state index in [1.54, 1.807) is 0 Å². The summed E-state index contributed by atoms with van der Waals surface area (Å²) in [4.78, 5) is 19.7. The summed E-state index contributed by atoms with van der Waals surface area (Å²) in [5.74, 6) is 0.118. The lowest BCUT2D eigenvalue weighted by atomic mass is 9.78. The van der Waals surface area contributed by atoms with Gasteiger partial charge in [-0.3, -0.25) is 15.0 Å². The van der Waals surface area contributed by atoms with Crippen molar-refractivity contribution in [2.24, 2.45) is 10.9 Å². The Labute approximate surface area is 277 Å². The van der Waals surface area contributed by atoms with E-state index in [9.17, 15) is 0 Å². The summed E-state index contributed by atoms with van der Waals surface area (Å²) in [6, 6.07) is 43.1. The Morgan fingerprint density at radius 1 is 0.562 bits per heavy atom. The first kappa shape index (κ1) is 26.9. The van der Waals surface area contributed by atoms with Crippen molar-refractivity contribution in [3.63, 3.8) is 0 Å². The minimum absolute atomic E-state index is 0.0251. The van der Waals surface area contributed by atoms with E-state index in [-0.39, 0.29) is 12.0 Å². The van der Waals surface area contributed by atoms with Gasteiger partial charge in [0.25, 0.3) is 0 Å². The van der Waals surface area contributed by atoms with Crippen molar-refractivity contribution in [1.29, 1.82) is 0 Å². The molecule has 0 amide bonds. The number of dihydropyridines is 1. The van der Waals surface area contributed by atoms with Gasteiger partial charge in [-0.15, -0.1) is 0 Å². The molecule has 0 N–H and O–H groups in total. The van der Waals surface area contributed by atoms with Gasteiger partial charge in [-0.1, -0.05) is 115 Å². The molecule has 0 saturated heterocycles. The van der Waals surface area contributed by atoms with Crippen LogP contribution in [0.2, 0.25) is 0 Å². The van der Waals surface area contributed by atoms with Crippen LogP contribution in [-0.2, 0) is 0 Å². The van der Waals surface area contributed by atoms with Crippen LogP contribution in [0.3, 0.4) is 0 Å². The molecule has 224 valence electrons. The molecule has 0 spiro atoms. The second-order valence-corrected chi connectivity index (χ2v) is 12.6. The fraction of sp³-hybridized carbons (Fsp3) is 0.0455. The smallest absolute Gasteiger partial charge is 0.103 e. The zero-order valence-electron chi connectivity index (χ0n) is 26.0. The Bertz CT molecular complexity index is 2670. The van der Waals surface area contributed by atoms with Crippen LogP contribution < -0.4 is 0 Å². The molecule has 2 aliphatic rings. The number of aliphatic imine (C=N–C) groups is 1. The van der Waals surface area contributed by atoms with Crippen LogP contribution in [0.5, 0.6) is 0 Å². The molecule has 0 saturated carbocycles. The van der Waals surface area contributed by atoms with E-state index in [1.165, 1.54) is 32.7 Å². The number of pyridine rings is 3. The molecule has 48 heavy (non-hydrogen) atoms. The van der Waals surface area contributed by atoms with Crippen molar-refractivity contribution in [1.82, 2.24) is 15.0 Å². The summed E-state index contributed by atoms with van der Waals surface area (Å²) in [6.45, 7) is 0. The fourth-order valence-electron chi connectivity index (χ4n) is 7.74. The maximum atomic E-state index is 5.20. The number of fused-ring (bicyclic) bond motifs is 9. The van der Waals surface area contributed by atoms with Crippen LogP contribution in [0.4, 0.5) is 0 Å². The van der Waals surface area contributed by atoms with Crippen LogP contribution in [0.25, 0.3) is 77.4 Å². The Morgan fingerprint density at radius 3 is 2.27 bits per heavy atom. The fourth-order valence-corrected chi connectivity index (χ4v) is 7.74. The van der Waals surface area contributed by atoms with Gasteiger partial charge in [0.05, 0.1) is 22.4 Å². The average Bonchev–Trinajstić information content (AvgIpc) is 3.16. The lowest BCUT2D eigenvalue weighted by Gasteiger charge is -2.30. The Hall–Kier alpha value is -6.26. The molecule has 4 heterocycles. The monoisotopic (exact) mass is 612 g/mol. The van der Waals surface area contributed by atoms with Crippen molar-refractivity contribution in [2.75, 3.05) is 0 Å². The lowest BCUT2D eigenvalue weighted by Crippen LogP contribution is -2.19. The number of allylic oxidation sites excluding steroid dienone is 1. The molecule has 0 radical (unpaired) electrons. The first-order chi connectivity index (χ1) is 23.8. The molecule has 3 aromatic heterocycles. The Balaban J connectivity index is 1.08. The van der Waals surface area contributed by atoms with Crippen molar-refractivity contribution < 1.29 is 0 Å². The van der Waals surface area contributed by atoms with Gasteiger partial charge in [0.1, 0.15) is 6.04 Å². The van der Waals surface area contributed by atoms with E-state index in [4.69, 9.17) is 19.9 Å². The molecular weight excluding hydrogens is 585 g/mol. The van der Waals surface area contributed by atoms with Crippen LogP contribution in [-0.4, -0.2) is 21.2 Å². The van der Waals surface area contributed by atoms with Crippen molar-refractivity contribution >= 4 is 61.2 Å². The van der Waals surface area contributed by atoms with E-state index in [2.05, 4.69) is 127 Å². The molecule has 0 bridgehead atoms. The van der Waals surface area contributed by atoms with E-state index in [0.29, 0.717) is 0 Å². The third-order valence-electron chi connectivity index (χ3n) is 9.97. The highest BCUT2D eigenvalue weighted by atomic mass is 14.9. The number of nitrogens with zero attached hydrogens (tertiary/aromatic N) is 4. The van der Waals surface area contributed by atoms with Gasteiger partial charge in [0, 0.05) is 57.2 Å². The van der Waals surface area contributed by atoms with Crippen LogP contribution in [0, 0.1) is 5.92 Å². The largest absolute Gasteiger partial charge is 0.282 e. The third-order valence-corrected chi connectivity index (χ3v) is 9.97. The molecule has 2 atom stereocenters. The predicted octanol–water partition coefficient (Wildman–Crippen LogP) is 10.7. The summed E-state index contributed by atoms with van der Waals surface area (Å²) in [6.07, 6.45) is 12.3. The van der Waals surface area contributed by atoms with E-state index >= 15 is 0 Å². The zero-order chi connectivity index (χ0) is 31.6. The highest BCUT2D eigenvalue weighted by Gasteiger charge is 2.32. The topological polar surface area (TPSA) is 51.0 Å². The van der Waals surface area contributed by atoms with E-state index in [1.807, 2.05) is 30.7 Å². The van der Waals surface area contributed by atoms with Crippen LogP contribution in [0.1, 0.15) is 22.9 Å². The number of benzene rings is 5. The minimum Gasteiger partial charge on any atom is -0.282 e. The van der Waals surface area contributed by atoms with Gasteiger partial charge < -0.3 is 0 Å². The summed E-state index contributed by atoms with van der Waals surface area (Å²) in [7, 11) is 0. The number of aromatic nitrogens is 3. The summed E-state index contributed by atoms with van der Waals surface area (Å²) in [5.41, 5.74) is 10.9. The summed E-state index contributed by atoms with van der Waals surface area (Å²) >= 11 is 0. The standard InChI is InChI=1S/C44H28N4/c1-2-9-31-27(7-1)17-20-38-40(31)37-10-3-4-12-39(37)48-41(38)30-15-13-28(14-16-30)32-21-22-33(35-11-6-25-46-43(32)35)34-23-26-47-44-36(34)19-18-29-8-5-24-45-42(29)44/h1-26,36,44H. The molecule has 0 fully saturated rings. The Morgan fingerprint density at radius 2 is 1.33 bits per heavy atom. The summed E-state index contributed by atoms with van der Waals surface area (Å²) in [5, 5.41) is 7.21. The molecule has 4 nitrogen and oxygen atoms in total. The first-order valence-corrected chi connectivity index (χ1v) is 16.4. The van der Waals surface area contributed by atoms with Crippen molar-refractivity contribution in [2.45, 2.75) is 6.04 Å². The molecule has 1 aliphatic heterocycles. The van der Waals surface area contributed by atoms with Crippen LogP contribution in [0.15, 0.2) is 151 Å². The normalized spacial score (nSPS) is 16.7. The number of hydrogen-bond acceptors (Lipinski definition) is 4. The van der Waals surface area contributed by atoms with Crippen molar-refractivity contribution in [3.8, 4) is 22.4 Å². The van der Waals surface area contributed by atoms with Gasteiger partial charge in [-0.05, 0) is 57.3 Å². The molecule has 4 heteroatoms. The van der Waals surface area contributed by atoms with Crippen molar-refractivity contribution in [3.05, 3.63) is 163 Å². The second kappa shape index (κ2) is 10.6. The second-order valence-electron chi connectivity index (χ2n) is 12.6. The lowest BCUT2D eigenvalue weighted by molar-refractivity contribution is 0.608. The van der Waals surface area contributed by atoms with Crippen LogP contribution >= 0.6 is 0 Å². The van der Waals surface area contributed by atoms with Gasteiger partial charge in [-0.2, -0.15) is 0 Å². The number of para-hydroxylation sites is 1. The predicted molar refractivity (Wildman–Crippen MR) is 199 cm³/mol. The number of rotatable bonds is 3. The van der Waals surface area contributed by atoms with Gasteiger partial charge in [0.2, 0.25) is 0 Å². The maximum absolute atomic E-state index is 5.20. The Kier molecular flexibility index (Phi) is 5.97. The zero-order valence-corrected chi connectivity index (χ0v) is 26.0. The molecule has 8 aromatic rings. The number of hydrogen-bond donors (Lipinski definition) is 0.